The van der Waals surface area contributed by atoms with Crippen LogP contribution in [-0.4, -0.2) is 65.8 Å². The number of aromatic nitrogens is 2. The second-order valence-electron chi connectivity index (χ2n) is 7.42. The first-order valence-electron chi connectivity index (χ1n) is 9.11. The summed E-state index contributed by atoms with van der Waals surface area (Å²) in [4.78, 5) is 18.4. The summed E-state index contributed by atoms with van der Waals surface area (Å²) >= 11 is 0. The molecule has 0 saturated carbocycles. The number of ether oxygens (including phenoxy) is 1. The smallest absolute Gasteiger partial charge is 0.291 e. The molecule has 6 heterocycles. The second kappa shape index (κ2) is 5.58. The lowest BCUT2D eigenvalue weighted by Crippen LogP contribution is -2.61. The summed E-state index contributed by atoms with van der Waals surface area (Å²) in [6.45, 7) is 6.35. The van der Waals surface area contributed by atoms with Crippen molar-refractivity contribution in [2.24, 2.45) is 10.9 Å². The van der Waals surface area contributed by atoms with E-state index in [0.717, 1.165) is 32.0 Å². The van der Waals surface area contributed by atoms with Crippen LogP contribution in [-0.2, 0) is 4.74 Å². The van der Waals surface area contributed by atoms with Gasteiger partial charge in [0.05, 0.1) is 18.9 Å². The highest BCUT2D eigenvalue weighted by Gasteiger charge is 2.51. The van der Waals surface area contributed by atoms with Crippen molar-refractivity contribution in [1.29, 1.82) is 0 Å². The number of hydrogen-bond donors (Lipinski definition) is 1. The van der Waals surface area contributed by atoms with E-state index in [1.54, 1.807) is 6.20 Å². The molecule has 4 fully saturated rings. The van der Waals surface area contributed by atoms with Crippen LogP contribution in [0.4, 0.5) is 11.6 Å². The van der Waals surface area contributed by atoms with E-state index in [4.69, 9.17) is 4.74 Å². The van der Waals surface area contributed by atoms with Crippen LogP contribution >= 0.6 is 0 Å². The molecular weight excluding hydrogens is 304 g/mol. The summed E-state index contributed by atoms with van der Waals surface area (Å²) in [6.07, 6.45) is 8.56. The first-order valence-corrected chi connectivity index (χ1v) is 9.11. The van der Waals surface area contributed by atoms with E-state index in [2.05, 4.69) is 30.1 Å². The van der Waals surface area contributed by atoms with Crippen molar-refractivity contribution in [1.82, 2.24) is 14.9 Å². The Kier molecular flexibility index (Phi) is 3.36. The van der Waals surface area contributed by atoms with Crippen LogP contribution in [0.15, 0.2) is 17.4 Å². The molecular formula is C17H24N6O. The van der Waals surface area contributed by atoms with Gasteiger partial charge < -0.3 is 9.64 Å². The minimum Gasteiger partial charge on any atom is -0.455 e. The van der Waals surface area contributed by atoms with Gasteiger partial charge >= 0.3 is 0 Å². The van der Waals surface area contributed by atoms with Crippen molar-refractivity contribution in [2.75, 3.05) is 49.5 Å². The van der Waals surface area contributed by atoms with E-state index in [9.17, 15) is 0 Å². The van der Waals surface area contributed by atoms with Crippen molar-refractivity contribution < 1.29 is 4.74 Å². The minimum absolute atomic E-state index is 0.109. The zero-order chi connectivity index (χ0) is 16.0. The fraction of sp³-hybridized carbons (Fsp3) is 0.706. The molecule has 0 amide bonds. The fourth-order valence-corrected chi connectivity index (χ4v) is 4.55. The number of rotatable bonds is 2. The summed E-state index contributed by atoms with van der Waals surface area (Å²) in [6, 6.07) is 0.604. The lowest BCUT2D eigenvalue weighted by Gasteiger charge is -2.50. The van der Waals surface area contributed by atoms with Gasteiger partial charge in [-0.05, 0) is 38.8 Å². The molecule has 5 aliphatic heterocycles. The van der Waals surface area contributed by atoms with Crippen molar-refractivity contribution in [3.05, 3.63) is 12.4 Å². The molecule has 1 N–H and O–H groups in total. The van der Waals surface area contributed by atoms with E-state index < -0.39 is 0 Å². The molecule has 7 nitrogen and oxygen atoms in total. The topological polar surface area (TPSA) is 65.9 Å². The zero-order valence-corrected chi connectivity index (χ0v) is 13.9. The van der Waals surface area contributed by atoms with Gasteiger partial charge in [0.2, 0.25) is 0 Å². The molecule has 1 unspecified atom stereocenters. The van der Waals surface area contributed by atoms with Gasteiger partial charge in [0, 0.05) is 25.6 Å². The molecule has 0 radical (unpaired) electrons. The largest absolute Gasteiger partial charge is 0.455 e. The van der Waals surface area contributed by atoms with E-state index in [-0.39, 0.29) is 5.60 Å². The average molecular weight is 328 g/mol. The number of amidine groups is 1. The Labute approximate surface area is 142 Å². The number of anilines is 2. The summed E-state index contributed by atoms with van der Waals surface area (Å²) in [5.74, 6) is 2.30. The van der Waals surface area contributed by atoms with Gasteiger partial charge in [-0.1, -0.05) is 0 Å². The molecule has 2 bridgehead atoms. The van der Waals surface area contributed by atoms with Crippen LogP contribution in [0.25, 0.3) is 0 Å². The summed E-state index contributed by atoms with van der Waals surface area (Å²) < 4.78 is 6.28. The SMILES string of the molecule is c1nc(N2CCCC2)cnc1NC1=NCC2(CN3CCC2CC3)O1. The highest BCUT2D eigenvalue weighted by atomic mass is 16.5. The zero-order valence-electron chi connectivity index (χ0n) is 13.9. The summed E-state index contributed by atoms with van der Waals surface area (Å²) in [5, 5.41) is 3.21. The average Bonchev–Trinajstić information content (AvgIpc) is 3.28. The number of nitrogens with zero attached hydrogens (tertiary/aromatic N) is 5. The van der Waals surface area contributed by atoms with Gasteiger partial charge in [0.25, 0.3) is 6.02 Å². The van der Waals surface area contributed by atoms with E-state index in [1.165, 1.54) is 38.8 Å². The van der Waals surface area contributed by atoms with Gasteiger partial charge in [0.1, 0.15) is 11.4 Å². The van der Waals surface area contributed by atoms with Gasteiger partial charge in [0.15, 0.2) is 5.82 Å². The number of hydrogen-bond acceptors (Lipinski definition) is 7. The molecule has 5 aliphatic rings. The molecule has 7 heteroatoms. The fourth-order valence-electron chi connectivity index (χ4n) is 4.55. The van der Waals surface area contributed by atoms with Crippen LogP contribution in [0, 0.1) is 5.92 Å². The minimum atomic E-state index is -0.109. The van der Waals surface area contributed by atoms with Crippen LogP contribution in [0.1, 0.15) is 25.7 Å². The predicted molar refractivity (Wildman–Crippen MR) is 92.4 cm³/mol. The molecule has 1 aromatic heterocycles. The first kappa shape index (κ1) is 14.5. The number of piperidine rings is 3. The molecule has 1 aromatic rings. The number of fused-ring (bicyclic) bond motifs is 2. The molecule has 128 valence electrons. The molecule has 0 aliphatic carbocycles. The highest BCUT2D eigenvalue weighted by molar-refractivity contribution is 5.89. The van der Waals surface area contributed by atoms with Crippen molar-refractivity contribution in [3.8, 4) is 0 Å². The molecule has 0 aromatic carbocycles. The Morgan fingerprint density at radius 1 is 1.08 bits per heavy atom. The first-order chi connectivity index (χ1) is 11.8. The lowest BCUT2D eigenvalue weighted by molar-refractivity contribution is -0.0829. The highest BCUT2D eigenvalue weighted by Crippen LogP contribution is 2.40. The lowest BCUT2D eigenvalue weighted by atomic mass is 9.75. The second-order valence-corrected chi connectivity index (χ2v) is 7.42. The molecule has 1 atom stereocenters. The molecule has 24 heavy (non-hydrogen) atoms. The standard InChI is InChI=1S/C17H24N6O/c1-2-6-23(5-1)15-10-18-14(9-19-15)21-16-20-11-17(24-16)12-22-7-3-13(17)4-8-22/h9-10,13H,1-8,11-12H2,(H,18,20,21). The Bertz CT molecular complexity index is 633. The van der Waals surface area contributed by atoms with Crippen molar-refractivity contribution >= 4 is 17.7 Å². The van der Waals surface area contributed by atoms with E-state index >= 15 is 0 Å². The summed E-state index contributed by atoms with van der Waals surface area (Å²) in [7, 11) is 0. The van der Waals surface area contributed by atoms with E-state index in [1.807, 2.05) is 6.20 Å². The number of nitrogens with one attached hydrogen (secondary N) is 1. The van der Waals surface area contributed by atoms with Crippen LogP contribution in [0.5, 0.6) is 0 Å². The van der Waals surface area contributed by atoms with Crippen LogP contribution < -0.4 is 10.2 Å². The molecule has 4 saturated heterocycles. The van der Waals surface area contributed by atoms with E-state index in [0.29, 0.717) is 17.8 Å². The monoisotopic (exact) mass is 328 g/mol. The predicted octanol–water partition coefficient (Wildman–Crippen LogP) is 1.34. The molecule has 6 rings (SSSR count). The van der Waals surface area contributed by atoms with Gasteiger partial charge in [-0.15, -0.1) is 0 Å². The van der Waals surface area contributed by atoms with Crippen molar-refractivity contribution in [2.45, 2.75) is 31.3 Å². The maximum atomic E-state index is 6.28. The third-order valence-electron chi connectivity index (χ3n) is 5.92. The van der Waals surface area contributed by atoms with Gasteiger partial charge in [-0.3, -0.25) is 10.2 Å². The quantitative estimate of drug-likeness (QED) is 0.884. The van der Waals surface area contributed by atoms with Crippen LogP contribution in [0.2, 0.25) is 0 Å². The Morgan fingerprint density at radius 2 is 1.92 bits per heavy atom. The molecule has 1 spiro atoms. The normalized spacial score (nSPS) is 34.5. The van der Waals surface area contributed by atoms with Crippen molar-refractivity contribution in [3.63, 3.8) is 0 Å². The Hall–Kier alpha value is -1.89. The summed E-state index contributed by atoms with van der Waals surface area (Å²) in [5.41, 5.74) is -0.109. The van der Waals surface area contributed by atoms with Gasteiger partial charge in [-0.2, -0.15) is 0 Å². The van der Waals surface area contributed by atoms with Gasteiger partial charge in [-0.25, -0.2) is 15.0 Å². The maximum Gasteiger partial charge on any atom is 0.291 e. The third kappa shape index (κ3) is 2.42. The Balaban J connectivity index is 1.24. The third-order valence-corrected chi connectivity index (χ3v) is 5.92. The maximum absolute atomic E-state index is 6.28. The Morgan fingerprint density at radius 3 is 2.58 bits per heavy atom. The number of aliphatic imine (C=N–C) groups is 1. The van der Waals surface area contributed by atoms with Crippen LogP contribution in [0.3, 0.4) is 0 Å².